The molecule has 21 heavy (non-hydrogen) atoms. The highest BCUT2D eigenvalue weighted by Gasteiger charge is 2.23. The number of amides is 1. The van der Waals surface area contributed by atoms with Crippen LogP contribution in [0.25, 0.3) is 0 Å². The van der Waals surface area contributed by atoms with Crippen LogP contribution in [0.15, 0.2) is 48.5 Å². The van der Waals surface area contributed by atoms with Crippen LogP contribution in [0, 0.1) is 0 Å². The van der Waals surface area contributed by atoms with Gasteiger partial charge in [0.2, 0.25) is 0 Å². The van der Waals surface area contributed by atoms with Crippen LogP contribution in [-0.2, 0) is 11.4 Å². The summed E-state index contributed by atoms with van der Waals surface area (Å²) < 4.78 is 5.89. The van der Waals surface area contributed by atoms with Crippen LogP contribution in [0.3, 0.4) is 0 Å². The standard InChI is InChI=1S/C17H19NO2Si/c1-21(2)12-17(19)18-15-9-8-14(10-16(15)21)20-11-13-6-4-3-5-7-13/h3-10H,11-12H2,1-2H3,(H,18,19)/q-1. The Morgan fingerprint density at radius 1 is 1.14 bits per heavy atom. The monoisotopic (exact) mass is 297 g/mol. The molecule has 3 rings (SSSR count). The van der Waals surface area contributed by atoms with E-state index in [4.69, 9.17) is 4.74 Å². The Morgan fingerprint density at radius 2 is 1.90 bits per heavy atom. The van der Waals surface area contributed by atoms with Gasteiger partial charge in [-0.1, -0.05) is 36.4 Å². The summed E-state index contributed by atoms with van der Waals surface area (Å²) in [5, 5.41) is 4.23. The van der Waals surface area contributed by atoms with Crippen LogP contribution in [0.1, 0.15) is 5.56 Å². The molecule has 0 fully saturated rings. The summed E-state index contributed by atoms with van der Waals surface area (Å²) in [6, 6.07) is 16.8. The van der Waals surface area contributed by atoms with E-state index in [9.17, 15) is 4.79 Å². The van der Waals surface area contributed by atoms with Gasteiger partial charge in [0.05, 0.1) is 0 Å². The van der Waals surface area contributed by atoms with Crippen LogP contribution in [0.4, 0.5) is 5.69 Å². The average Bonchev–Trinajstić information content (AvgIpc) is 2.45. The summed E-state index contributed by atoms with van der Waals surface area (Å²) in [6.45, 7) is 5.02. The van der Waals surface area contributed by atoms with Gasteiger partial charge in [0.1, 0.15) is 12.4 Å². The molecule has 0 bridgehead atoms. The first-order chi connectivity index (χ1) is 10.0. The third-order valence-corrected chi connectivity index (χ3v) is 6.92. The first kappa shape index (κ1) is 13.9. The molecule has 1 aliphatic heterocycles. The van der Waals surface area contributed by atoms with E-state index in [0.29, 0.717) is 12.7 Å². The number of ether oxygens (including phenoxy) is 1. The molecule has 0 atom stereocenters. The number of hydrogen-bond acceptors (Lipinski definition) is 2. The molecule has 2 aromatic carbocycles. The van der Waals surface area contributed by atoms with E-state index < -0.39 is 8.07 Å². The predicted octanol–water partition coefficient (Wildman–Crippen LogP) is 3.13. The van der Waals surface area contributed by atoms with E-state index in [0.717, 1.165) is 17.0 Å². The maximum Gasteiger partial charge on any atom is 0.193 e. The number of benzene rings is 2. The van der Waals surface area contributed by atoms with Crippen molar-refractivity contribution < 1.29 is 9.53 Å². The van der Waals surface area contributed by atoms with Crippen LogP contribution in [-0.4, -0.2) is 14.0 Å². The van der Waals surface area contributed by atoms with Gasteiger partial charge in [0.15, 0.2) is 5.91 Å². The van der Waals surface area contributed by atoms with Crippen LogP contribution in [0.2, 0.25) is 19.1 Å². The third-order valence-electron chi connectivity index (χ3n) is 3.85. The Bertz CT molecular complexity index is 668. The molecule has 4 heteroatoms. The number of nitrogens with one attached hydrogen (secondary N) is 1. The molecule has 0 aromatic heterocycles. The minimum Gasteiger partial charge on any atom is -0.489 e. The largest absolute Gasteiger partial charge is 0.489 e. The fourth-order valence-corrected chi connectivity index (χ4v) is 5.20. The first-order valence-corrected chi connectivity index (χ1v) is 10.4. The maximum absolute atomic E-state index is 11.7. The van der Waals surface area contributed by atoms with Gasteiger partial charge in [-0.2, -0.15) is 18.3 Å². The van der Waals surface area contributed by atoms with Gasteiger partial charge in [0.25, 0.3) is 0 Å². The molecule has 0 aliphatic carbocycles. The molecule has 2 aromatic rings. The summed E-state index contributed by atoms with van der Waals surface area (Å²) in [5.41, 5.74) is 2.11. The number of hydrogen-bond donors (Lipinski definition) is 1. The molecule has 1 amide bonds. The summed E-state index contributed by atoms with van der Waals surface area (Å²) >= 11 is 0. The van der Waals surface area contributed by atoms with Gasteiger partial charge in [-0.15, -0.1) is 8.07 Å². The lowest BCUT2D eigenvalue weighted by atomic mass is 10.2. The molecule has 1 N–H and O–H groups in total. The van der Waals surface area contributed by atoms with Gasteiger partial charge in [-0.3, -0.25) is 4.79 Å². The Hall–Kier alpha value is -2.07. The summed E-state index contributed by atoms with van der Waals surface area (Å²) in [5.74, 6) is 1.01. The van der Waals surface area contributed by atoms with Crippen LogP contribution in [0.5, 0.6) is 5.75 Å². The van der Waals surface area contributed by atoms with Crippen molar-refractivity contribution in [3.63, 3.8) is 0 Å². The fraction of sp³-hybridized carbons (Fsp3) is 0.235. The second kappa shape index (κ2) is 5.37. The zero-order chi connectivity index (χ0) is 14.9. The molecular weight excluding hydrogens is 278 g/mol. The van der Waals surface area contributed by atoms with Crippen molar-refractivity contribution in [1.82, 2.24) is 0 Å². The highest BCUT2D eigenvalue weighted by molar-refractivity contribution is 6.93. The lowest BCUT2D eigenvalue weighted by Crippen LogP contribution is -2.49. The molecule has 1 heterocycles. The SMILES string of the molecule is C[Si-]1(C)CC(=O)Nc2ccc(OCc3ccccc3)cc21. The van der Waals surface area contributed by atoms with Crippen molar-refractivity contribution in [2.45, 2.75) is 25.7 Å². The van der Waals surface area contributed by atoms with Crippen molar-refractivity contribution in [1.29, 1.82) is 0 Å². The summed E-state index contributed by atoms with van der Waals surface area (Å²) in [7, 11) is -1.71. The molecule has 0 saturated heterocycles. The number of fused-ring (bicyclic) bond motifs is 1. The first-order valence-electron chi connectivity index (χ1n) is 7.16. The van der Waals surface area contributed by atoms with Crippen molar-refractivity contribution >= 4 is 24.9 Å². The molecule has 0 saturated carbocycles. The predicted molar refractivity (Wildman–Crippen MR) is 87.8 cm³/mol. The normalized spacial score (nSPS) is 16.0. The molecule has 109 valence electrons. The lowest BCUT2D eigenvalue weighted by Gasteiger charge is -2.40. The quantitative estimate of drug-likeness (QED) is 0.884. The van der Waals surface area contributed by atoms with E-state index in [-0.39, 0.29) is 5.91 Å². The van der Waals surface area contributed by atoms with Crippen LogP contribution >= 0.6 is 0 Å². The fourth-order valence-electron chi connectivity index (χ4n) is 2.71. The average molecular weight is 297 g/mol. The van der Waals surface area contributed by atoms with E-state index >= 15 is 0 Å². The number of carbonyl (C=O) groups is 1. The Morgan fingerprint density at radius 3 is 2.67 bits per heavy atom. The number of anilines is 1. The maximum atomic E-state index is 11.7. The highest BCUT2D eigenvalue weighted by Crippen LogP contribution is 2.25. The zero-order valence-corrected chi connectivity index (χ0v) is 13.3. The van der Waals surface area contributed by atoms with E-state index in [1.165, 1.54) is 5.19 Å². The molecule has 3 nitrogen and oxygen atoms in total. The minimum absolute atomic E-state index is 0.136. The number of carbonyl (C=O) groups excluding carboxylic acids is 1. The van der Waals surface area contributed by atoms with E-state index in [1.54, 1.807) is 0 Å². The minimum atomic E-state index is -1.71. The molecule has 0 unspecified atom stereocenters. The van der Waals surface area contributed by atoms with Gasteiger partial charge in [0, 0.05) is 5.69 Å². The summed E-state index contributed by atoms with van der Waals surface area (Å²) in [4.78, 5) is 11.7. The zero-order valence-electron chi connectivity index (χ0n) is 12.3. The molecule has 0 spiro atoms. The van der Waals surface area contributed by atoms with Crippen molar-refractivity contribution in [2.75, 3.05) is 5.32 Å². The Kier molecular flexibility index (Phi) is 3.55. The second-order valence-electron chi connectivity index (χ2n) is 6.09. The summed E-state index contributed by atoms with van der Waals surface area (Å²) in [6.07, 6.45) is 0. The van der Waals surface area contributed by atoms with Gasteiger partial charge in [-0.05, 0) is 23.8 Å². The topological polar surface area (TPSA) is 38.3 Å². The van der Waals surface area contributed by atoms with E-state index in [2.05, 4.69) is 36.6 Å². The van der Waals surface area contributed by atoms with Crippen molar-refractivity contribution in [2.24, 2.45) is 0 Å². The lowest BCUT2D eigenvalue weighted by molar-refractivity contribution is -0.114. The third kappa shape index (κ3) is 3.00. The molecule has 1 aliphatic rings. The van der Waals surface area contributed by atoms with Crippen LogP contribution < -0.4 is 15.2 Å². The smallest absolute Gasteiger partial charge is 0.193 e. The van der Waals surface area contributed by atoms with E-state index in [1.807, 2.05) is 30.3 Å². The van der Waals surface area contributed by atoms with Gasteiger partial charge < -0.3 is 10.1 Å². The Balaban J connectivity index is 1.81. The Labute approximate surface area is 126 Å². The van der Waals surface area contributed by atoms with Crippen molar-refractivity contribution in [3.05, 3.63) is 54.1 Å². The van der Waals surface area contributed by atoms with Crippen molar-refractivity contribution in [3.8, 4) is 5.75 Å². The molecule has 0 radical (unpaired) electrons. The molecular formula is C17H19NO2Si-. The van der Waals surface area contributed by atoms with Gasteiger partial charge >= 0.3 is 0 Å². The highest BCUT2D eigenvalue weighted by atomic mass is 28.3. The van der Waals surface area contributed by atoms with Gasteiger partial charge in [-0.25, -0.2) is 0 Å². The number of rotatable bonds is 3. The second-order valence-corrected chi connectivity index (χ2v) is 10.8.